The van der Waals surface area contributed by atoms with Crippen molar-refractivity contribution in [3.63, 3.8) is 0 Å². The van der Waals surface area contributed by atoms with E-state index < -0.39 is 0 Å². The van der Waals surface area contributed by atoms with Gasteiger partial charge in [-0.25, -0.2) is 0 Å². The summed E-state index contributed by atoms with van der Waals surface area (Å²) in [5, 5.41) is 0. The molecule has 1 aliphatic carbocycles. The van der Waals surface area contributed by atoms with Crippen molar-refractivity contribution in [3.05, 3.63) is 12.2 Å². The minimum absolute atomic E-state index is 0.871. The van der Waals surface area contributed by atoms with Crippen LogP contribution in [0.3, 0.4) is 0 Å². The smallest absolute Gasteiger partial charge is 0.0173 e. The van der Waals surface area contributed by atoms with Gasteiger partial charge < -0.3 is 0 Å². The molecule has 0 saturated heterocycles. The van der Waals surface area contributed by atoms with E-state index in [1.165, 1.54) is 44.9 Å². The Morgan fingerprint density at radius 3 is 2.15 bits per heavy atom. The van der Waals surface area contributed by atoms with Gasteiger partial charge in [0.05, 0.1) is 0 Å². The van der Waals surface area contributed by atoms with Crippen LogP contribution in [0.2, 0.25) is 0 Å². The van der Waals surface area contributed by atoms with Gasteiger partial charge in [-0.15, -0.1) is 0 Å². The predicted octanol–water partition coefficient (Wildman–Crippen LogP) is 4.56. The lowest BCUT2D eigenvalue weighted by molar-refractivity contribution is 0.407. The zero-order valence-electron chi connectivity index (χ0n) is 9.26. The van der Waals surface area contributed by atoms with Crippen LogP contribution in [0.15, 0.2) is 12.2 Å². The van der Waals surface area contributed by atoms with Crippen molar-refractivity contribution in [2.24, 2.45) is 11.8 Å². The highest BCUT2D eigenvalue weighted by Crippen LogP contribution is 2.29. The van der Waals surface area contributed by atoms with Crippen LogP contribution in [0.1, 0.15) is 58.8 Å². The lowest BCUT2D eigenvalue weighted by Crippen LogP contribution is -2.14. The number of allylic oxidation sites excluding steroid dienone is 2. The first-order valence-corrected chi connectivity index (χ1v) is 6.03. The molecule has 0 bridgehead atoms. The largest absolute Gasteiger partial charge is 0.0848 e. The van der Waals surface area contributed by atoms with E-state index >= 15 is 0 Å². The second-order valence-corrected chi connectivity index (χ2v) is 4.46. The van der Waals surface area contributed by atoms with E-state index in [-0.39, 0.29) is 0 Å². The Bertz CT molecular complexity index is 146. The third-order valence-electron chi connectivity index (χ3n) is 3.23. The Labute approximate surface area is 83.4 Å². The van der Waals surface area contributed by atoms with Crippen molar-refractivity contribution in [2.45, 2.75) is 58.8 Å². The van der Waals surface area contributed by atoms with Crippen LogP contribution in [-0.2, 0) is 0 Å². The molecule has 13 heavy (non-hydrogen) atoms. The molecule has 0 nitrogen and oxygen atoms in total. The fourth-order valence-corrected chi connectivity index (χ4v) is 2.01. The monoisotopic (exact) mass is 180 g/mol. The molecule has 1 aliphatic rings. The number of hydrogen-bond donors (Lipinski definition) is 0. The van der Waals surface area contributed by atoms with Crippen LogP contribution in [-0.4, -0.2) is 0 Å². The summed E-state index contributed by atoms with van der Waals surface area (Å²) in [6.07, 6.45) is 14.8. The van der Waals surface area contributed by atoms with Gasteiger partial charge in [0.25, 0.3) is 0 Å². The summed E-state index contributed by atoms with van der Waals surface area (Å²) in [7, 11) is 0. The summed E-state index contributed by atoms with van der Waals surface area (Å²) < 4.78 is 0. The van der Waals surface area contributed by atoms with Gasteiger partial charge in [-0.05, 0) is 18.3 Å². The number of rotatable bonds is 7. The Morgan fingerprint density at radius 1 is 0.923 bits per heavy atom. The van der Waals surface area contributed by atoms with Gasteiger partial charge in [0, 0.05) is 0 Å². The van der Waals surface area contributed by atoms with Crippen molar-refractivity contribution in [2.75, 3.05) is 0 Å². The van der Waals surface area contributed by atoms with Crippen LogP contribution >= 0.6 is 0 Å². The summed E-state index contributed by atoms with van der Waals surface area (Å²) in [6.45, 7) is 4.61. The van der Waals surface area contributed by atoms with Crippen LogP contribution < -0.4 is 0 Å². The fraction of sp³-hybridized carbons (Fsp3) is 0.846. The highest BCUT2D eigenvalue weighted by atomic mass is 14.2. The molecular formula is C13H24. The Balaban J connectivity index is 1.82. The van der Waals surface area contributed by atoms with Crippen molar-refractivity contribution in [3.8, 4) is 0 Å². The van der Waals surface area contributed by atoms with E-state index in [4.69, 9.17) is 0 Å². The molecule has 1 rings (SSSR count). The molecule has 2 unspecified atom stereocenters. The zero-order chi connectivity index (χ0) is 9.52. The average Bonchev–Trinajstić information content (AvgIpc) is 2.14. The van der Waals surface area contributed by atoms with Crippen molar-refractivity contribution in [1.29, 1.82) is 0 Å². The lowest BCUT2D eigenvalue weighted by Gasteiger charge is -2.25. The van der Waals surface area contributed by atoms with E-state index in [9.17, 15) is 0 Å². The molecule has 0 fully saturated rings. The van der Waals surface area contributed by atoms with Gasteiger partial charge in [-0.1, -0.05) is 64.5 Å². The topological polar surface area (TPSA) is 0 Å². The molecule has 0 heterocycles. The maximum Gasteiger partial charge on any atom is -0.0173 e. The summed E-state index contributed by atoms with van der Waals surface area (Å²) in [6, 6.07) is 0. The molecule has 0 heteroatoms. The van der Waals surface area contributed by atoms with Gasteiger partial charge in [-0.2, -0.15) is 0 Å². The molecule has 76 valence electrons. The van der Waals surface area contributed by atoms with Gasteiger partial charge in [0.15, 0.2) is 0 Å². The molecular weight excluding hydrogens is 156 g/mol. The van der Waals surface area contributed by atoms with Crippen LogP contribution in [0.5, 0.6) is 0 Å². The number of hydrogen-bond acceptors (Lipinski definition) is 0. The van der Waals surface area contributed by atoms with Crippen LogP contribution in [0, 0.1) is 11.8 Å². The van der Waals surface area contributed by atoms with E-state index in [0.29, 0.717) is 0 Å². The first-order chi connectivity index (χ1) is 6.34. The van der Waals surface area contributed by atoms with Crippen molar-refractivity contribution < 1.29 is 0 Å². The molecule has 0 aromatic carbocycles. The molecule has 0 spiro atoms. The van der Waals surface area contributed by atoms with Crippen molar-refractivity contribution in [1.82, 2.24) is 0 Å². The second-order valence-electron chi connectivity index (χ2n) is 4.46. The van der Waals surface area contributed by atoms with E-state index in [0.717, 1.165) is 11.8 Å². The normalized spacial score (nSPS) is 26.0. The van der Waals surface area contributed by atoms with E-state index in [1.54, 1.807) is 0 Å². The third kappa shape index (κ3) is 3.97. The summed E-state index contributed by atoms with van der Waals surface area (Å²) >= 11 is 0. The SMILES string of the molecule is CCCCCCCCC1C=CC1C. The first-order valence-electron chi connectivity index (χ1n) is 6.03. The Morgan fingerprint density at radius 2 is 1.62 bits per heavy atom. The Hall–Kier alpha value is -0.260. The standard InChI is InChI=1S/C13H24/c1-3-4-5-6-7-8-9-13-11-10-12(13)2/h10-13H,3-9H2,1-2H3. The summed E-state index contributed by atoms with van der Waals surface area (Å²) in [5.41, 5.74) is 0. The molecule has 0 aromatic heterocycles. The molecule has 0 saturated carbocycles. The lowest BCUT2D eigenvalue weighted by atomic mass is 9.80. The number of unbranched alkanes of at least 4 members (excludes halogenated alkanes) is 5. The Kier molecular flexibility index (Phi) is 5.19. The van der Waals surface area contributed by atoms with E-state index in [1.807, 2.05) is 0 Å². The minimum Gasteiger partial charge on any atom is -0.0848 e. The molecule has 0 amide bonds. The minimum atomic E-state index is 0.871. The first kappa shape index (κ1) is 10.8. The fourth-order valence-electron chi connectivity index (χ4n) is 2.01. The third-order valence-corrected chi connectivity index (χ3v) is 3.23. The van der Waals surface area contributed by atoms with Gasteiger partial charge in [-0.3, -0.25) is 0 Å². The summed E-state index contributed by atoms with van der Waals surface area (Å²) in [5.74, 6) is 1.79. The van der Waals surface area contributed by atoms with E-state index in [2.05, 4.69) is 26.0 Å². The molecule has 0 aromatic rings. The predicted molar refractivity (Wildman–Crippen MR) is 59.8 cm³/mol. The summed E-state index contributed by atoms with van der Waals surface area (Å²) in [4.78, 5) is 0. The second kappa shape index (κ2) is 6.23. The van der Waals surface area contributed by atoms with Gasteiger partial charge in [0.2, 0.25) is 0 Å². The van der Waals surface area contributed by atoms with Crippen LogP contribution in [0.4, 0.5) is 0 Å². The molecule has 0 aliphatic heterocycles. The quantitative estimate of drug-likeness (QED) is 0.398. The van der Waals surface area contributed by atoms with Gasteiger partial charge in [0.1, 0.15) is 0 Å². The molecule has 2 atom stereocenters. The highest BCUT2D eigenvalue weighted by molar-refractivity contribution is 5.06. The van der Waals surface area contributed by atoms with Crippen molar-refractivity contribution >= 4 is 0 Å². The maximum absolute atomic E-state index is 2.39. The molecule has 0 N–H and O–H groups in total. The molecule has 0 radical (unpaired) electrons. The maximum atomic E-state index is 2.39. The van der Waals surface area contributed by atoms with Gasteiger partial charge >= 0.3 is 0 Å². The van der Waals surface area contributed by atoms with Crippen LogP contribution in [0.25, 0.3) is 0 Å². The highest BCUT2D eigenvalue weighted by Gasteiger charge is 2.17. The zero-order valence-corrected chi connectivity index (χ0v) is 9.26. The average molecular weight is 180 g/mol.